The molecule has 0 radical (unpaired) electrons. The fourth-order valence-electron chi connectivity index (χ4n) is 8.19. The molecule has 0 saturated heterocycles. The van der Waals surface area contributed by atoms with Gasteiger partial charge in [-0.2, -0.15) is 0 Å². The first kappa shape index (κ1) is 20.2. The highest BCUT2D eigenvalue weighted by molar-refractivity contribution is 5.89. The summed E-state index contributed by atoms with van der Waals surface area (Å²) in [4.78, 5) is 14.6. The molecule has 0 bridgehead atoms. The predicted octanol–water partition coefficient (Wildman–Crippen LogP) is 4.59. The van der Waals surface area contributed by atoms with E-state index in [9.17, 15) is 14.3 Å². The van der Waals surface area contributed by atoms with Crippen LogP contribution in [-0.2, 0) is 11.2 Å². The number of halogens is 1. The van der Waals surface area contributed by atoms with E-state index >= 15 is 0 Å². The van der Waals surface area contributed by atoms with E-state index < -0.39 is 0 Å². The average molecular weight is 412 g/mol. The predicted molar refractivity (Wildman–Crippen MR) is 115 cm³/mol. The third-order valence-corrected chi connectivity index (χ3v) is 9.58. The number of hydrogen-bond donors (Lipinski definition) is 1. The lowest BCUT2D eigenvalue weighted by Crippen LogP contribution is -2.63. The molecule has 1 N–H and O–H groups in total. The number of hydrogen-bond acceptors (Lipinski definition) is 2. The molecule has 0 aromatic heterocycles. The third-order valence-electron chi connectivity index (χ3n) is 9.58. The van der Waals surface area contributed by atoms with Crippen LogP contribution in [0.1, 0.15) is 51.5 Å². The molecule has 1 aliphatic heterocycles. The standard InChI is InChI=1S/C26H34FNO2/c1-25-11-9-21-19(20(25)7-8-22(25)29)15-17(13-16-5-4-6-18(27)14-16)24-26(21,2)12-10-23(30)28(24)3/h4-6,10,12,14,17,19-22,24,29H,7-9,11,13,15H2,1-3H3/t17-,19-,20-,21-,22-,24+,25-,26+/m0/s1. The Morgan fingerprint density at radius 3 is 2.77 bits per heavy atom. The van der Waals surface area contributed by atoms with Gasteiger partial charge in [0.2, 0.25) is 5.91 Å². The van der Waals surface area contributed by atoms with Crippen molar-refractivity contribution in [2.45, 2.75) is 64.5 Å². The van der Waals surface area contributed by atoms with Gasteiger partial charge in [0, 0.05) is 18.5 Å². The van der Waals surface area contributed by atoms with Gasteiger partial charge in [0.15, 0.2) is 0 Å². The summed E-state index contributed by atoms with van der Waals surface area (Å²) in [7, 11) is 1.94. The summed E-state index contributed by atoms with van der Waals surface area (Å²) in [6.45, 7) is 4.65. The summed E-state index contributed by atoms with van der Waals surface area (Å²) in [5, 5.41) is 10.8. The molecule has 3 fully saturated rings. The summed E-state index contributed by atoms with van der Waals surface area (Å²) in [5.41, 5.74) is 0.966. The van der Waals surface area contributed by atoms with Crippen molar-refractivity contribution in [1.82, 2.24) is 4.90 Å². The molecule has 1 aromatic carbocycles. The van der Waals surface area contributed by atoms with E-state index in [0.29, 0.717) is 17.8 Å². The number of rotatable bonds is 2. The van der Waals surface area contributed by atoms with Gasteiger partial charge >= 0.3 is 0 Å². The van der Waals surface area contributed by atoms with Gasteiger partial charge in [-0.15, -0.1) is 0 Å². The van der Waals surface area contributed by atoms with Crippen LogP contribution < -0.4 is 0 Å². The van der Waals surface area contributed by atoms with Crippen molar-refractivity contribution in [3.63, 3.8) is 0 Å². The lowest BCUT2D eigenvalue weighted by atomic mass is 9.46. The molecule has 1 heterocycles. The van der Waals surface area contributed by atoms with Gasteiger partial charge in [-0.05, 0) is 91.4 Å². The van der Waals surface area contributed by atoms with Gasteiger partial charge in [0.1, 0.15) is 5.82 Å². The Bertz CT molecular complexity index is 884. The third kappa shape index (κ3) is 2.82. The summed E-state index contributed by atoms with van der Waals surface area (Å²) < 4.78 is 13.9. The minimum atomic E-state index is -0.193. The van der Waals surface area contributed by atoms with Crippen molar-refractivity contribution in [3.8, 4) is 0 Å². The molecule has 3 saturated carbocycles. The molecule has 4 heteroatoms. The maximum atomic E-state index is 13.9. The second-order valence-electron chi connectivity index (χ2n) is 10.9. The molecule has 162 valence electrons. The van der Waals surface area contributed by atoms with Gasteiger partial charge in [0.25, 0.3) is 0 Å². The summed E-state index contributed by atoms with van der Waals surface area (Å²) in [6.07, 6.45) is 9.82. The molecule has 5 rings (SSSR count). The molecule has 1 amide bonds. The van der Waals surface area contributed by atoms with Crippen LogP contribution in [0.4, 0.5) is 4.39 Å². The Kier molecular flexibility index (Phi) is 4.66. The van der Waals surface area contributed by atoms with E-state index in [1.807, 2.05) is 18.0 Å². The topological polar surface area (TPSA) is 40.5 Å². The molecule has 1 aromatic rings. The fraction of sp³-hybridized carbons (Fsp3) is 0.654. The zero-order valence-corrected chi connectivity index (χ0v) is 18.4. The number of benzene rings is 1. The van der Waals surface area contributed by atoms with Crippen LogP contribution in [0.25, 0.3) is 0 Å². The normalized spacial score (nSPS) is 45.1. The van der Waals surface area contributed by atoms with E-state index in [0.717, 1.165) is 44.1 Å². The zero-order valence-electron chi connectivity index (χ0n) is 18.4. The van der Waals surface area contributed by atoms with Crippen LogP contribution in [0.15, 0.2) is 36.4 Å². The SMILES string of the molecule is CN1C(=O)C=C[C@]2(C)[C@H]3CC[C@]4(C)[C@@H](O)CC[C@H]4[C@@H]3C[C@H](Cc3cccc(F)c3)[C@@H]12. The highest BCUT2D eigenvalue weighted by Crippen LogP contribution is 2.65. The first-order valence-electron chi connectivity index (χ1n) is 11.6. The number of amides is 1. The van der Waals surface area contributed by atoms with E-state index in [1.54, 1.807) is 18.2 Å². The number of nitrogens with zero attached hydrogens (tertiary/aromatic N) is 1. The Balaban J connectivity index is 1.55. The van der Waals surface area contributed by atoms with E-state index in [2.05, 4.69) is 19.9 Å². The van der Waals surface area contributed by atoms with Crippen LogP contribution >= 0.6 is 0 Å². The van der Waals surface area contributed by atoms with E-state index in [4.69, 9.17) is 0 Å². The molecule has 30 heavy (non-hydrogen) atoms. The van der Waals surface area contributed by atoms with Crippen molar-refractivity contribution in [3.05, 3.63) is 47.8 Å². The van der Waals surface area contributed by atoms with Gasteiger partial charge in [-0.3, -0.25) is 4.79 Å². The Morgan fingerprint density at radius 1 is 1.20 bits per heavy atom. The van der Waals surface area contributed by atoms with Gasteiger partial charge < -0.3 is 10.0 Å². The van der Waals surface area contributed by atoms with Crippen molar-refractivity contribution >= 4 is 5.91 Å². The monoisotopic (exact) mass is 411 g/mol. The zero-order chi connectivity index (χ0) is 21.3. The van der Waals surface area contributed by atoms with Crippen LogP contribution in [0.3, 0.4) is 0 Å². The van der Waals surface area contributed by atoms with Crippen LogP contribution in [-0.4, -0.2) is 35.1 Å². The number of fused-ring (bicyclic) bond motifs is 5. The van der Waals surface area contributed by atoms with E-state index in [-0.39, 0.29) is 40.6 Å². The van der Waals surface area contributed by atoms with Gasteiger partial charge in [-0.1, -0.05) is 32.1 Å². The van der Waals surface area contributed by atoms with Gasteiger partial charge in [-0.25, -0.2) is 4.39 Å². The quantitative estimate of drug-likeness (QED) is 0.773. The van der Waals surface area contributed by atoms with Crippen molar-refractivity contribution in [2.75, 3.05) is 7.05 Å². The molecule has 4 aliphatic rings. The molecule has 0 unspecified atom stereocenters. The average Bonchev–Trinajstić information content (AvgIpc) is 3.00. The molecule has 8 atom stereocenters. The summed E-state index contributed by atoms with van der Waals surface area (Å²) in [5.74, 6) is 1.79. The lowest BCUT2D eigenvalue weighted by molar-refractivity contribution is -0.148. The number of aliphatic hydroxyl groups is 1. The Hall–Kier alpha value is -1.68. The Labute approximate surface area is 179 Å². The van der Waals surface area contributed by atoms with Crippen molar-refractivity contribution < 1.29 is 14.3 Å². The maximum absolute atomic E-state index is 13.9. The fourth-order valence-corrected chi connectivity index (χ4v) is 8.19. The molecule has 3 nitrogen and oxygen atoms in total. The minimum Gasteiger partial charge on any atom is -0.393 e. The first-order valence-corrected chi connectivity index (χ1v) is 11.6. The minimum absolute atomic E-state index is 0.0217. The molecular weight excluding hydrogens is 377 g/mol. The highest BCUT2D eigenvalue weighted by atomic mass is 19.1. The Morgan fingerprint density at radius 2 is 2.00 bits per heavy atom. The van der Waals surface area contributed by atoms with Gasteiger partial charge in [0.05, 0.1) is 6.10 Å². The summed E-state index contributed by atoms with van der Waals surface area (Å²) >= 11 is 0. The smallest absolute Gasteiger partial charge is 0.246 e. The molecular formula is C26H34FNO2. The van der Waals surface area contributed by atoms with Crippen LogP contribution in [0, 0.1) is 40.3 Å². The number of carbonyl (C=O) groups is 1. The number of aliphatic hydroxyl groups excluding tert-OH is 1. The maximum Gasteiger partial charge on any atom is 0.246 e. The van der Waals surface area contributed by atoms with Crippen molar-refractivity contribution in [1.29, 1.82) is 0 Å². The lowest BCUT2D eigenvalue weighted by Gasteiger charge is -2.62. The number of likely N-dealkylation sites (N-methyl/N-ethyl adjacent to an activating group) is 1. The summed E-state index contributed by atoms with van der Waals surface area (Å²) in [6, 6.07) is 7.08. The van der Waals surface area contributed by atoms with Crippen LogP contribution in [0.2, 0.25) is 0 Å². The second kappa shape index (κ2) is 6.91. The largest absolute Gasteiger partial charge is 0.393 e. The first-order chi connectivity index (χ1) is 14.2. The van der Waals surface area contributed by atoms with E-state index in [1.165, 1.54) is 6.07 Å². The molecule has 3 aliphatic carbocycles. The highest BCUT2D eigenvalue weighted by Gasteiger charge is 2.62. The number of carbonyl (C=O) groups excluding carboxylic acids is 1. The van der Waals surface area contributed by atoms with Crippen LogP contribution in [0.5, 0.6) is 0 Å². The second-order valence-corrected chi connectivity index (χ2v) is 10.9. The molecule has 0 spiro atoms. The van der Waals surface area contributed by atoms with Crippen molar-refractivity contribution in [2.24, 2.45) is 34.5 Å².